The van der Waals surface area contributed by atoms with E-state index in [9.17, 15) is 4.39 Å². The smallest absolute Gasteiger partial charge is 0.185 e. The molecule has 0 saturated carbocycles. The number of likely N-dealkylation sites (tertiary alicyclic amines) is 1. The third-order valence-corrected chi connectivity index (χ3v) is 6.41. The summed E-state index contributed by atoms with van der Waals surface area (Å²) in [6.45, 7) is 5.55. The predicted molar refractivity (Wildman–Crippen MR) is 112 cm³/mol. The van der Waals surface area contributed by atoms with Crippen molar-refractivity contribution in [2.24, 2.45) is 5.92 Å². The van der Waals surface area contributed by atoms with Crippen molar-refractivity contribution >= 4 is 16.5 Å². The van der Waals surface area contributed by atoms with E-state index in [4.69, 9.17) is 0 Å². The number of thiazole rings is 1. The minimum absolute atomic E-state index is 0.153. The zero-order valence-corrected chi connectivity index (χ0v) is 17.5. The van der Waals surface area contributed by atoms with Crippen LogP contribution in [0, 0.1) is 11.7 Å². The molecule has 1 aromatic heterocycles. The van der Waals surface area contributed by atoms with E-state index in [1.54, 1.807) is 23.5 Å². The Labute approximate surface area is 166 Å². The van der Waals surface area contributed by atoms with Crippen LogP contribution in [0.2, 0.25) is 0 Å². The minimum atomic E-state index is -0.153. The van der Waals surface area contributed by atoms with E-state index in [2.05, 4.69) is 26.7 Å². The molecule has 0 spiro atoms. The zero-order chi connectivity index (χ0) is 19.2. The lowest BCUT2D eigenvalue weighted by atomic mass is 9.96. The maximum atomic E-state index is 13.0. The van der Waals surface area contributed by atoms with E-state index in [0.717, 1.165) is 37.1 Å². The average molecular weight is 391 g/mol. The van der Waals surface area contributed by atoms with Gasteiger partial charge in [-0.05, 0) is 63.0 Å². The van der Waals surface area contributed by atoms with Crippen LogP contribution in [0.3, 0.4) is 0 Å². The molecule has 0 radical (unpaired) electrons. The highest BCUT2D eigenvalue weighted by molar-refractivity contribution is 7.15. The summed E-state index contributed by atoms with van der Waals surface area (Å²) in [5, 5.41) is 1.08. The van der Waals surface area contributed by atoms with E-state index in [-0.39, 0.29) is 5.82 Å². The summed E-state index contributed by atoms with van der Waals surface area (Å²) < 4.78 is 13.0. The van der Waals surface area contributed by atoms with E-state index >= 15 is 0 Å². The molecular formula is C21H31FN4S. The number of hydrogen-bond donors (Lipinski definition) is 0. The second-order valence-electron chi connectivity index (χ2n) is 7.86. The first-order valence-electron chi connectivity index (χ1n) is 9.77. The molecule has 1 fully saturated rings. The van der Waals surface area contributed by atoms with Crippen molar-refractivity contribution in [2.45, 2.75) is 25.8 Å². The van der Waals surface area contributed by atoms with Crippen LogP contribution in [-0.4, -0.2) is 62.1 Å². The molecule has 1 aromatic carbocycles. The topological polar surface area (TPSA) is 22.6 Å². The molecule has 0 amide bonds. The van der Waals surface area contributed by atoms with Crippen LogP contribution in [-0.2, 0) is 13.0 Å². The first-order chi connectivity index (χ1) is 13.0. The average Bonchev–Trinajstić information content (AvgIpc) is 3.11. The Bertz CT molecular complexity index is 692. The minimum Gasteiger partial charge on any atom is -0.354 e. The lowest BCUT2D eigenvalue weighted by Crippen LogP contribution is -2.38. The summed E-state index contributed by atoms with van der Waals surface area (Å²) in [7, 11) is 6.29. The fourth-order valence-corrected chi connectivity index (χ4v) is 4.59. The molecule has 27 heavy (non-hydrogen) atoms. The molecule has 2 aromatic rings. The third-order valence-electron chi connectivity index (χ3n) is 5.26. The normalized spacial score (nSPS) is 16.2. The zero-order valence-electron chi connectivity index (χ0n) is 16.7. The van der Waals surface area contributed by atoms with Gasteiger partial charge in [-0.1, -0.05) is 12.1 Å². The van der Waals surface area contributed by atoms with Crippen molar-refractivity contribution in [1.29, 1.82) is 0 Å². The Hall–Kier alpha value is -1.50. The van der Waals surface area contributed by atoms with Gasteiger partial charge >= 0.3 is 0 Å². The van der Waals surface area contributed by atoms with Gasteiger partial charge in [-0.3, -0.25) is 0 Å². The van der Waals surface area contributed by atoms with Crippen LogP contribution in [0.1, 0.15) is 23.3 Å². The number of hydrogen-bond acceptors (Lipinski definition) is 5. The summed E-state index contributed by atoms with van der Waals surface area (Å²) in [4.78, 5) is 12.8. The van der Waals surface area contributed by atoms with Crippen molar-refractivity contribution in [1.82, 2.24) is 14.8 Å². The molecular weight excluding hydrogens is 359 g/mol. The molecule has 0 N–H and O–H groups in total. The lowest BCUT2D eigenvalue weighted by molar-refractivity contribution is 0.153. The summed E-state index contributed by atoms with van der Waals surface area (Å²) in [5.74, 6) is 0.623. The van der Waals surface area contributed by atoms with E-state index in [1.165, 1.54) is 36.4 Å². The molecule has 1 aliphatic rings. The first kappa shape index (κ1) is 20.2. The number of aromatic nitrogens is 1. The van der Waals surface area contributed by atoms with Crippen LogP contribution < -0.4 is 4.90 Å². The Morgan fingerprint density at radius 1 is 1.15 bits per heavy atom. The molecule has 0 unspecified atom stereocenters. The van der Waals surface area contributed by atoms with Crippen LogP contribution >= 0.6 is 11.3 Å². The Kier molecular flexibility index (Phi) is 7.21. The summed E-state index contributed by atoms with van der Waals surface area (Å²) in [5.41, 5.74) is 1.22. The molecule has 1 aliphatic heterocycles. The van der Waals surface area contributed by atoms with Gasteiger partial charge < -0.3 is 14.7 Å². The van der Waals surface area contributed by atoms with Gasteiger partial charge in [0.05, 0.1) is 0 Å². The summed E-state index contributed by atoms with van der Waals surface area (Å²) in [6.07, 6.45) is 5.54. The highest BCUT2D eigenvalue weighted by Crippen LogP contribution is 2.23. The largest absolute Gasteiger partial charge is 0.354 e. The Morgan fingerprint density at radius 3 is 2.48 bits per heavy atom. The van der Waals surface area contributed by atoms with Gasteiger partial charge in [0, 0.05) is 44.8 Å². The van der Waals surface area contributed by atoms with Crippen LogP contribution in [0.25, 0.3) is 0 Å². The van der Waals surface area contributed by atoms with Gasteiger partial charge in [0.1, 0.15) is 5.82 Å². The fraction of sp³-hybridized carbons (Fsp3) is 0.571. The Morgan fingerprint density at radius 2 is 1.85 bits per heavy atom. The number of piperidine rings is 1. The maximum absolute atomic E-state index is 13.0. The summed E-state index contributed by atoms with van der Waals surface area (Å²) in [6, 6.07) is 6.92. The maximum Gasteiger partial charge on any atom is 0.185 e. The molecule has 0 aliphatic carbocycles. The summed E-state index contributed by atoms with van der Waals surface area (Å²) >= 11 is 1.78. The third kappa shape index (κ3) is 6.26. The van der Waals surface area contributed by atoms with Crippen LogP contribution in [0.5, 0.6) is 0 Å². The molecule has 148 valence electrons. The van der Waals surface area contributed by atoms with Gasteiger partial charge in [0.15, 0.2) is 5.13 Å². The van der Waals surface area contributed by atoms with E-state index in [1.807, 2.05) is 32.4 Å². The van der Waals surface area contributed by atoms with Crippen molar-refractivity contribution in [3.63, 3.8) is 0 Å². The van der Waals surface area contributed by atoms with Crippen LogP contribution in [0.15, 0.2) is 30.5 Å². The van der Waals surface area contributed by atoms with Gasteiger partial charge in [0.25, 0.3) is 0 Å². The van der Waals surface area contributed by atoms with Crippen molar-refractivity contribution in [3.05, 3.63) is 46.7 Å². The lowest BCUT2D eigenvalue weighted by Gasteiger charge is -2.33. The highest BCUT2D eigenvalue weighted by Gasteiger charge is 2.20. The second-order valence-corrected chi connectivity index (χ2v) is 8.96. The van der Waals surface area contributed by atoms with E-state index < -0.39 is 0 Å². The van der Waals surface area contributed by atoms with Gasteiger partial charge in [0.2, 0.25) is 0 Å². The molecule has 1 saturated heterocycles. The number of benzene rings is 1. The molecule has 6 heteroatoms. The van der Waals surface area contributed by atoms with Crippen molar-refractivity contribution in [2.75, 3.05) is 52.2 Å². The predicted octanol–water partition coefficient (Wildman–Crippen LogP) is 3.73. The Balaban J connectivity index is 1.36. The quantitative estimate of drug-likeness (QED) is 0.685. The van der Waals surface area contributed by atoms with Crippen molar-refractivity contribution < 1.29 is 4.39 Å². The number of nitrogens with zero attached hydrogens (tertiary/aromatic N) is 4. The molecule has 2 heterocycles. The molecule has 4 nitrogen and oxygen atoms in total. The SMILES string of the molecule is CN(Cc1cnc(N(C)C)s1)CC1CCN(CCc2ccc(F)cc2)CC1. The number of halogens is 1. The van der Waals surface area contributed by atoms with Crippen molar-refractivity contribution in [3.8, 4) is 0 Å². The van der Waals surface area contributed by atoms with Gasteiger partial charge in [-0.2, -0.15) is 0 Å². The number of anilines is 1. The van der Waals surface area contributed by atoms with Crippen LogP contribution in [0.4, 0.5) is 9.52 Å². The standard InChI is InChI=1S/C21H31FN4S/c1-24(2)21-23-14-20(27-21)16-25(3)15-18-9-12-26(13-10-18)11-8-17-4-6-19(22)7-5-17/h4-7,14,18H,8-13,15-16H2,1-3H3. The molecule has 0 bridgehead atoms. The molecule has 0 atom stereocenters. The second kappa shape index (κ2) is 9.62. The number of rotatable bonds is 8. The monoisotopic (exact) mass is 390 g/mol. The van der Waals surface area contributed by atoms with Gasteiger partial charge in [-0.15, -0.1) is 11.3 Å². The van der Waals surface area contributed by atoms with Gasteiger partial charge in [-0.25, -0.2) is 9.37 Å². The molecule has 3 rings (SSSR count). The first-order valence-corrected chi connectivity index (χ1v) is 10.6. The fourth-order valence-electron chi connectivity index (χ4n) is 3.68. The van der Waals surface area contributed by atoms with E-state index in [0.29, 0.717) is 0 Å². The highest BCUT2D eigenvalue weighted by atomic mass is 32.1.